The Morgan fingerprint density at radius 1 is 1.21 bits per heavy atom. The number of alkyl halides is 3. The lowest BCUT2D eigenvalue weighted by Crippen LogP contribution is -2.18. The first-order valence-electron chi connectivity index (χ1n) is 10.7. The zero-order chi connectivity index (χ0) is 25.1. The third-order valence-electron chi connectivity index (χ3n) is 4.75. The summed E-state index contributed by atoms with van der Waals surface area (Å²) in [7, 11) is 0. The van der Waals surface area contributed by atoms with Crippen molar-refractivity contribution in [3.05, 3.63) is 70.0 Å². The zero-order valence-corrected chi connectivity index (χ0v) is 20.5. The van der Waals surface area contributed by atoms with Crippen LogP contribution in [0.15, 0.2) is 48.0 Å². The van der Waals surface area contributed by atoms with Crippen molar-refractivity contribution in [2.45, 2.75) is 59.4 Å². The van der Waals surface area contributed by atoms with E-state index >= 15 is 0 Å². The van der Waals surface area contributed by atoms with E-state index < -0.39 is 17.6 Å². The van der Waals surface area contributed by atoms with Gasteiger partial charge in [0.1, 0.15) is 17.0 Å². The Labute approximate surface area is 200 Å². The molecule has 10 heteroatoms. The molecule has 0 unspecified atom stereocenters. The van der Waals surface area contributed by atoms with E-state index in [9.17, 15) is 18.0 Å². The predicted octanol–water partition coefficient (Wildman–Crippen LogP) is 5.63. The van der Waals surface area contributed by atoms with Gasteiger partial charge in [0.05, 0.1) is 23.0 Å². The third kappa shape index (κ3) is 6.53. The van der Waals surface area contributed by atoms with E-state index in [4.69, 9.17) is 4.74 Å². The summed E-state index contributed by atoms with van der Waals surface area (Å²) in [6, 6.07) is 2.80. The SMILES string of the molecule is CC(C)Cc1cn(C(C)(C)C)s/c1=N\C(=O)c1cc(C(F)(F)F)ccc1OCc1cnccn1. The van der Waals surface area contributed by atoms with Crippen molar-refractivity contribution in [1.29, 1.82) is 0 Å². The lowest BCUT2D eigenvalue weighted by molar-refractivity contribution is -0.137. The fraction of sp³-hybridized carbons (Fsp3) is 0.417. The molecule has 34 heavy (non-hydrogen) atoms. The molecule has 3 aromatic rings. The van der Waals surface area contributed by atoms with Crippen LogP contribution in [0.2, 0.25) is 0 Å². The van der Waals surface area contributed by atoms with E-state index in [0.29, 0.717) is 22.7 Å². The van der Waals surface area contributed by atoms with Gasteiger partial charge in [0.25, 0.3) is 5.91 Å². The highest BCUT2D eigenvalue weighted by Crippen LogP contribution is 2.33. The highest BCUT2D eigenvalue weighted by molar-refractivity contribution is 7.04. The number of aromatic nitrogens is 3. The number of halogens is 3. The minimum Gasteiger partial charge on any atom is -0.486 e. The van der Waals surface area contributed by atoms with Gasteiger partial charge in [0.2, 0.25) is 0 Å². The van der Waals surface area contributed by atoms with Gasteiger partial charge in [-0.1, -0.05) is 13.8 Å². The summed E-state index contributed by atoms with van der Waals surface area (Å²) < 4.78 is 48.3. The summed E-state index contributed by atoms with van der Waals surface area (Å²) in [4.78, 5) is 25.4. The smallest absolute Gasteiger partial charge is 0.416 e. The maximum atomic E-state index is 13.4. The molecule has 1 aromatic carbocycles. The molecule has 0 saturated heterocycles. The number of ether oxygens (including phenoxy) is 1. The fourth-order valence-corrected chi connectivity index (χ4v) is 4.10. The molecule has 0 spiro atoms. The van der Waals surface area contributed by atoms with Crippen molar-refractivity contribution < 1.29 is 22.7 Å². The van der Waals surface area contributed by atoms with Gasteiger partial charge in [-0.25, -0.2) is 0 Å². The Morgan fingerprint density at radius 2 is 1.94 bits per heavy atom. The van der Waals surface area contributed by atoms with Crippen LogP contribution < -0.4 is 9.41 Å². The predicted molar refractivity (Wildman–Crippen MR) is 124 cm³/mol. The molecule has 1 amide bonds. The van der Waals surface area contributed by atoms with Crippen molar-refractivity contribution in [2.24, 2.45) is 10.9 Å². The van der Waals surface area contributed by atoms with Crippen LogP contribution in [0.3, 0.4) is 0 Å². The summed E-state index contributed by atoms with van der Waals surface area (Å²) >= 11 is 1.31. The number of benzene rings is 1. The summed E-state index contributed by atoms with van der Waals surface area (Å²) in [5.74, 6) is -0.488. The van der Waals surface area contributed by atoms with Crippen molar-refractivity contribution in [1.82, 2.24) is 13.9 Å². The van der Waals surface area contributed by atoms with E-state index in [1.165, 1.54) is 30.1 Å². The molecule has 6 nitrogen and oxygen atoms in total. The largest absolute Gasteiger partial charge is 0.486 e. The molecular weight excluding hydrogens is 465 g/mol. The topological polar surface area (TPSA) is 69.4 Å². The molecule has 0 fully saturated rings. The van der Waals surface area contributed by atoms with Gasteiger partial charge in [0, 0.05) is 29.7 Å². The van der Waals surface area contributed by atoms with E-state index in [0.717, 1.165) is 23.8 Å². The lowest BCUT2D eigenvalue weighted by Gasteiger charge is -2.19. The molecule has 0 bridgehead atoms. The molecule has 3 rings (SSSR count). The van der Waals surface area contributed by atoms with Crippen molar-refractivity contribution in [3.8, 4) is 5.75 Å². The van der Waals surface area contributed by atoms with Crippen LogP contribution >= 0.6 is 11.5 Å². The monoisotopic (exact) mass is 492 g/mol. The van der Waals surface area contributed by atoms with Gasteiger partial charge in [-0.2, -0.15) is 18.2 Å². The van der Waals surface area contributed by atoms with Crippen LogP contribution in [-0.2, 0) is 24.7 Å². The second kappa shape index (κ2) is 10.1. The Hall–Kier alpha value is -3.01. The summed E-state index contributed by atoms with van der Waals surface area (Å²) in [6.45, 7) is 10.1. The quantitative estimate of drug-likeness (QED) is 0.447. The highest BCUT2D eigenvalue weighted by atomic mass is 32.1. The van der Waals surface area contributed by atoms with Crippen molar-refractivity contribution in [2.75, 3.05) is 0 Å². The van der Waals surface area contributed by atoms with Crippen LogP contribution in [0.1, 0.15) is 61.8 Å². The summed E-state index contributed by atoms with van der Waals surface area (Å²) in [5, 5.41) is 0. The standard InChI is InChI=1S/C24H27F3N4O2S/c1-15(2)10-16-13-31(23(3,4)5)34-22(16)30-21(32)19-11-17(24(25,26)27)6-7-20(19)33-14-18-12-28-8-9-29-18/h6-9,11-13,15H,10,14H2,1-5H3/b30-22-. The van der Waals surface area contributed by atoms with E-state index in [1.54, 1.807) is 0 Å². The third-order valence-corrected chi connectivity index (χ3v) is 6.13. The average Bonchev–Trinajstić information content (AvgIpc) is 3.14. The molecular formula is C24H27F3N4O2S. The number of hydrogen-bond donors (Lipinski definition) is 0. The molecule has 0 N–H and O–H groups in total. The molecule has 0 aliphatic carbocycles. The summed E-state index contributed by atoms with van der Waals surface area (Å²) in [6.07, 6.45) is 2.47. The average molecular weight is 493 g/mol. The highest BCUT2D eigenvalue weighted by Gasteiger charge is 2.32. The maximum Gasteiger partial charge on any atom is 0.416 e. The van der Waals surface area contributed by atoms with Gasteiger partial charge in [0.15, 0.2) is 0 Å². The minimum absolute atomic E-state index is 0.00179. The molecule has 0 saturated carbocycles. The van der Waals surface area contributed by atoms with Gasteiger partial charge < -0.3 is 4.74 Å². The number of carbonyl (C=O) groups is 1. The Kier molecular flexibility index (Phi) is 7.60. The minimum atomic E-state index is -4.61. The second-order valence-corrected chi connectivity index (χ2v) is 10.2. The molecule has 2 aromatic heterocycles. The molecule has 2 heterocycles. The van der Waals surface area contributed by atoms with E-state index in [2.05, 4.69) is 28.8 Å². The van der Waals surface area contributed by atoms with Gasteiger partial charge in [-0.05, 0) is 62.8 Å². The van der Waals surface area contributed by atoms with Crippen molar-refractivity contribution >= 4 is 17.4 Å². The van der Waals surface area contributed by atoms with Crippen LogP contribution in [0, 0.1) is 5.92 Å². The van der Waals surface area contributed by atoms with Crippen LogP contribution in [-0.4, -0.2) is 19.8 Å². The van der Waals surface area contributed by atoms with Gasteiger partial charge in [-0.15, -0.1) is 0 Å². The molecule has 0 aliphatic rings. The first-order valence-corrected chi connectivity index (χ1v) is 11.5. The normalized spacial score (nSPS) is 12.9. The molecule has 0 aliphatic heterocycles. The first kappa shape index (κ1) is 25.6. The van der Waals surface area contributed by atoms with E-state index in [1.807, 2.05) is 30.9 Å². The lowest BCUT2D eigenvalue weighted by atomic mass is 10.1. The Morgan fingerprint density at radius 3 is 2.53 bits per heavy atom. The zero-order valence-electron chi connectivity index (χ0n) is 19.7. The Balaban J connectivity index is 2.05. The van der Waals surface area contributed by atoms with Gasteiger partial charge >= 0.3 is 6.18 Å². The number of carbonyl (C=O) groups excluding carboxylic acids is 1. The molecule has 0 atom stereocenters. The fourth-order valence-electron chi connectivity index (χ4n) is 3.09. The first-order chi connectivity index (χ1) is 15.8. The number of hydrogen-bond acceptors (Lipinski definition) is 5. The van der Waals surface area contributed by atoms with Crippen LogP contribution in [0.5, 0.6) is 5.75 Å². The van der Waals surface area contributed by atoms with Gasteiger partial charge in [-0.3, -0.25) is 18.7 Å². The number of rotatable bonds is 6. The number of nitrogens with zero attached hydrogens (tertiary/aromatic N) is 4. The Bertz CT molecular complexity index is 1210. The second-order valence-electron chi connectivity index (χ2n) is 9.26. The maximum absolute atomic E-state index is 13.4. The molecule has 0 radical (unpaired) electrons. The number of amides is 1. The van der Waals surface area contributed by atoms with Crippen LogP contribution in [0.25, 0.3) is 0 Å². The van der Waals surface area contributed by atoms with Crippen molar-refractivity contribution in [3.63, 3.8) is 0 Å². The molecule has 182 valence electrons. The summed E-state index contributed by atoms with van der Waals surface area (Å²) in [5.41, 5.74) is -0.0890. The van der Waals surface area contributed by atoms with Crippen LogP contribution in [0.4, 0.5) is 13.2 Å². The van der Waals surface area contributed by atoms with E-state index in [-0.39, 0.29) is 23.5 Å².